The van der Waals surface area contributed by atoms with Gasteiger partial charge < -0.3 is 15.0 Å². The molecular formula is C18H20N2O4S. The van der Waals surface area contributed by atoms with Crippen LogP contribution in [0.25, 0.3) is 0 Å². The van der Waals surface area contributed by atoms with E-state index in [1.54, 1.807) is 49.5 Å². The minimum atomic E-state index is -3.72. The van der Waals surface area contributed by atoms with Crippen LogP contribution in [0, 0.1) is 0 Å². The first-order chi connectivity index (χ1) is 12.0. The van der Waals surface area contributed by atoms with Crippen molar-refractivity contribution in [3.63, 3.8) is 0 Å². The smallest absolute Gasteiger partial charge is 0.228 e. The Balaban J connectivity index is 1.95. The van der Waals surface area contributed by atoms with E-state index in [1.165, 1.54) is 17.0 Å². The van der Waals surface area contributed by atoms with Crippen molar-refractivity contribution in [3.8, 4) is 5.75 Å². The summed E-state index contributed by atoms with van der Waals surface area (Å²) in [6, 6.07) is 15.2. The molecule has 1 N–H and O–H groups in total. The Labute approximate surface area is 147 Å². The Morgan fingerprint density at radius 1 is 1.16 bits per heavy atom. The number of anilines is 1. The van der Waals surface area contributed by atoms with Gasteiger partial charge in [0.05, 0.1) is 17.1 Å². The van der Waals surface area contributed by atoms with Crippen LogP contribution in [0.5, 0.6) is 5.75 Å². The van der Waals surface area contributed by atoms with Crippen molar-refractivity contribution in [2.45, 2.75) is 16.8 Å². The highest BCUT2D eigenvalue weighted by molar-refractivity contribution is 7.92. The van der Waals surface area contributed by atoms with E-state index in [9.17, 15) is 13.2 Å². The average Bonchev–Trinajstić information content (AvgIpc) is 2.65. The molecule has 0 fully saturated rings. The van der Waals surface area contributed by atoms with E-state index in [4.69, 9.17) is 4.74 Å². The molecular weight excluding hydrogens is 340 g/mol. The highest BCUT2D eigenvalue weighted by Gasteiger charge is 2.37. The van der Waals surface area contributed by atoms with E-state index in [0.29, 0.717) is 18.0 Å². The fourth-order valence-corrected chi connectivity index (χ4v) is 4.15. The Morgan fingerprint density at radius 2 is 1.84 bits per heavy atom. The van der Waals surface area contributed by atoms with E-state index in [-0.39, 0.29) is 23.8 Å². The van der Waals surface area contributed by atoms with E-state index in [2.05, 4.69) is 5.32 Å². The monoisotopic (exact) mass is 360 g/mol. The highest BCUT2D eigenvalue weighted by atomic mass is 32.2. The maximum absolute atomic E-state index is 12.9. The van der Waals surface area contributed by atoms with Gasteiger partial charge in [-0.05, 0) is 31.3 Å². The molecule has 1 aliphatic heterocycles. The summed E-state index contributed by atoms with van der Waals surface area (Å²) >= 11 is 0. The standard InChI is InChI=1S/C18H20N2O4S/c1-19-12-11-17(21)20-13-18(24-16-10-6-5-9-15(16)20)25(22,23)14-7-3-2-4-8-14/h2-10,18-19H,11-13H2,1H3. The molecule has 132 valence electrons. The zero-order valence-electron chi connectivity index (χ0n) is 13.9. The van der Waals surface area contributed by atoms with Gasteiger partial charge in [0.25, 0.3) is 0 Å². The van der Waals surface area contributed by atoms with Gasteiger partial charge in [-0.15, -0.1) is 0 Å². The van der Waals surface area contributed by atoms with Crippen molar-refractivity contribution in [1.82, 2.24) is 5.32 Å². The Morgan fingerprint density at radius 3 is 2.56 bits per heavy atom. The molecule has 0 saturated carbocycles. The van der Waals surface area contributed by atoms with Gasteiger partial charge in [0.2, 0.25) is 21.2 Å². The fraction of sp³-hybridized carbons (Fsp3) is 0.278. The molecule has 0 aliphatic carbocycles. The van der Waals surface area contributed by atoms with Gasteiger partial charge in [-0.1, -0.05) is 30.3 Å². The molecule has 1 atom stereocenters. The highest BCUT2D eigenvalue weighted by Crippen LogP contribution is 2.35. The molecule has 6 nitrogen and oxygen atoms in total. The van der Waals surface area contributed by atoms with Crippen LogP contribution < -0.4 is 15.0 Å². The van der Waals surface area contributed by atoms with Crippen LogP contribution >= 0.6 is 0 Å². The lowest BCUT2D eigenvalue weighted by atomic mass is 10.2. The summed E-state index contributed by atoms with van der Waals surface area (Å²) in [6.07, 6.45) is 0.281. The quantitative estimate of drug-likeness (QED) is 0.880. The number of hydrogen-bond acceptors (Lipinski definition) is 5. The Kier molecular flexibility index (Phi) is 5.06. The lowest BCUT2D eigenvalue weighted by molar-refractivity contribution is -0.118. The van der Waals surface area contributed by atoms with Crippen LogP contribution in [0.2, 0.25) is 0 Å². The summed E-state index contributed by atoms with van der Waals surface area (Å²) in [4.78, 5) is 14.2. The van der Waals surface area contributed by atoms with Gasteiger partial charge in [0.1, 0.15) is 5.75 Å². The number of nitrogens with one attached hydrogen (secondary N) is 1. The molecule has 7 heteroatoms. The largest absolute Gasteiger partial charge is 0.470 e. The van der Waals surface area contributed by atoms with Crippen LogP contribution in [-0.2, 0) is 14.6 Å². The minimum Gasteiger partial charge on any atom is -0.470 e. The van der Waals surface area contributed by atoms with Gasteiger partial charge in [-0.2, -0.15) is 0 Å². The zero-order chi connectivity index (χ0) is 17.9. The first-order valence-electron chi connectivity index (χ1n) is 8.03. The minimum absolute atomic E-state index is 0.0310. The Hall–Kier alpha value is -2.38. The third kappa shape index (κ3) is 3.52. The first kappa shape index (κ1) is 17.4. The van der Waals surface area contributed by atoms with E-state index < -0.39 is 15.3 Å². The summed E-state index contributed by atoms with van der Waals surface area (Å²) < 4.78 is 31.5. The number of carbonyl (C=O) groups excluding carboxylic acids is 1. The molecule has 0 bridgehead atoms. The SMILES string of the molecule is CNCCC(=O)N1CC(S(=O)(=O)c2ccccc2)Oc2ccccc21. The molecule has 3 rings (SSSR count). The lowest BCUT2D eigenvalue weighted by Gasteiger charge is -2.34. The predicted octanol–water partition coefficient (Wildman–Crippen LogP) is 1.82. The molecule has 2 aromatic rings. The molecule has 0 spiro atoms. The molecule has 1 aliphatic rings. The van der Waals surface area contributed by atoms with E-state index >= 15 is 0 Å². The summed E-state index contributed by atoms with van der Waals surface area (Å²) in [6.45, 7) is 0.491. The zero-order valence-corrected chi connectivity index (χ0v) is 14.7. The van der Waals surface area contributed by atoms with Gasteiger partial charge in [-0.25, -0.2) is 8.42 Å². The first-order valence-corrected chi connectivity index (χ1v) is 9.58. The molecule has 1 unspecified atom stereocenters. The van der Waals surface area contributed by atoms with Crippen LogP contribution in [0.15, 0.2) is 59.5 Å². The van der Waals surface area contributed by atoms with Gasteiger partial charge >= 0.3 is 0 Å². The number of nitrogens with zero attached hydrogens (tertiary/aromatic N) is 1. The number of sulfone groups is 1. The number of benzene rings is 2. The third-order valence-corrected chi connectivity index (χ3v) is 5.92. The van der Waals surface area contributed by atoms with E-state index in [0.717, 1.165) is 0 Å². The number of carbonyl (C=O) groups is 1. The van der Waals surface area contributed by atoms with E-state index in [1.807, 2.05) is 0 Å². The molecule has 0 aromatic heterocycles. The molecule has 2 aromatic carbocycles. The van der Waals surface area contributed by atoms with Crippen molar-refractivity contribution in [3.05, 3.63) is 54.6 Å². The summed E-state index contributed by atoms with van der Waals surface area (Å²) in [5.74, 6) is 0.259. The summed E-state index contributed by atoms with van der Waals surface area (Å²) in [7, 11) is -1.96. The van der Waals surface area contributed by atoms with Crippen molar-refractivity contribution < 1.29 is 17.9 Å². The second-order valence-corrected chi connectivity index (χ2v) is 7.82. The number of para-hydroxylation sites is 2. The average molecular weight is 360 g/mol. The lowest BCUT2D eigenvalue weighted by Crippen LogP contribution is -2.47. The summed E-state index contributed by atoms with van der Waals surface area (Å²) in [5, 5.41) is 2.93. The van der Waals surface area contributed by atoms with Crippen LogP contribution in [0.1, 0.15) is 6.42 Å². The normalized spacial score (nSPS) is 16.8. The Bertz CT molecular complexity index is 852. The molecule has 25 heavy (non-hydrogen) atoms. The maximum atomic E-state index is 12.9. The van der Waals surface area contributed by atoms with Gasteiger partial charge in [-0.3, -0.25) is 4.79 Å². The second-order valence-electron chi connectivity index (χ2n) is 5.73. The van der Waals surface area contributed by atoms with Gasteiger partial charge in [0, 0.05) is 13.0 Å². The molecule has 0 saturated heterocycles. The number of fused-ring (bicyclic) bond motifs is 1. The topological polar surface area (TPSA) is 75.7 Å². The van der Waals surface area contributed by atoms with Crippen LogP contribution in [0.3, 0.4) is 0 Å². The van der Waals surface area contributed by atoms with Crippen molar-refractivity contribution in [2.75, 3.05) is 25.0 Å². The number of rotatable bonds is 5. The van der Waals surface area contributed by atoms with Gasteiger partial charge in [0.15, 0.2) is 0 Å². The molecule has 1 amide bonds. The molecule has 1 heterocycles. The second kappa shape index (κ2) is 7.25. The number of amides is 1. The third-order valence-electron chi connectivity index (χ3n) is 4.05. The number of ether oxygens (including phenoxy) is 1. The van der Waals surface area contributed by atoms with Crippen LogP contribution in [0.4, 0.5) is 5.69 Å². The van der Waals surface area contributed by atoms with Crippen molar-refractivity contribution in [1.29, 1.82) is 0 Å². The van der Waals surface area contributed by atoms with Crippen LogP contribution in [-0.4, -0.2) is 39.9 Å². The predicted molar refractivity (Wildman–Crippen MR) is 95.4 cm³/mol. The summed E-state index contributed by atoms with van der Waals surface area (Å²) in [5.41, 5.74) is -0.536. The van der Waals surface area contributed by atoms with Crippen molar-refractivity contribution >= 4 is 21.4 Å². The van der Waals surface area contributed by atoms with Crippen molar-refractivity contribution in [2.24, 2.45) is 0 Å². The number of hydrogen-bond donors (Lipinski definition) is 1. The fourth-order valence-electron chi connectivity index (χ4n) is 2.73. The molecule has 0 radical (unpaired) electrons. The maximum Gasteiger partial charge on any atom is 0.228 e.